The third-order valence-corrected chi connectivity index (χ3v) is 9.66. The summed E-state index contributed by atoms with van der Waals surface area (Å²) < 4.78 is 31.4. The van der Waals surface area contributed by atoms with Gasteiger partial charge in [0, 0.05) is 25.6 Å². The highest BCUT2D eigenvalue weighted by atomic mass is 32.2. The molecule has 1 aromatic rings. The van der Waals surface area contributed by atoms with Gasteiger partial charge in [-0.3, -0.25) is 9.59 Å². The summed E-state index contributed by atoms with van der Waals surface area (Å²) in [5, 5.41) is 13.1. The van der Waals surface area contributed by atoms with Crippen LogP contribution in [0.15, 0.2) is 17.2 Å². The fourth-order valence-electron chi connectivity index (χ4n) is 7.29. The maximum atomic E-state index is 13.5. The normalized spacial score (nSPS) is 32.9. The zero-order chi connectivity index (χ0) is 25.4. The topological polar surface area (TPSA) is 91.8 Å². The Morgan fingerprint density at radius 1 is 1.28 bits per heavy atom. The first-order valence-electron chi connectivity index (χ1n) is 13.1. The maximum absolute atomic E-state index is 13.5. The number of carboxylic acids is 1. The fraction of sp³-hybridized carbons (Fsp3) is 0.731. The van der Waals surface area contributed by atoms with Crippen molar-refractivity contribution in [2.45, 2.75) is 81.6 Å². The average Bonchev–Trinajstić information content (AvgIpc) is 3.26. The Labute approximate surface area is 214 Å². The average molecular weight is 524 g/mol. The van der Waals surface area contributed by atoms with Crippen LogP contribution in [-0.4, -0.2) is 59.1 Å². The lowest BCUT2D eigenvalue weighted by Gasteiger charge is -2.59. The van der Waals surface area contributed by atoms with Crippen LogP contribution in [0.5, 0.6) is 0 Å². The lowest BCUT2D eigenvalue weighted by atomic mass is 9.52. The van der Waals surface area contributed by atoms with Gasteiger partial charge in [0.25, 0.3) is 5.91 Å². The largest absolute Gasteiger partial charge is 0.481 e. The van der Waals surface area contributed by atoms with Crippen LogP contribution in [0, 0.1) is 23.7 Å². The second-order valence-electron chi connectivity index (χ2n) is 11.1. The number of pyridine rings is 1. The number of thioether (sulfide) groups is 1. The van der Waals surface area contributed by atoms with E-state index in [1.165, 1.54) is 0 Å². The molecule has 0 aromatic carbocycles. The minimum absolute atomic E-state index is 0.0255. The number of amides is 1. The molecule has 4 saturated carbocycles. The van der Waals surface area contributed by atoms with E-state index < -0.39 is 18.2 Å². The molecule has 36 heavy (non-hydrogen) atoms. The van der Waals surface area contributed by atoms with Gasteiger partial charge < -0.3 is 20.1 Å². The Balaban J connectivity index is 1.30. The first-order valence-corrected chi connectivity index (χ1v) is 14.1. The molecule has 0 unspecified atom stereocenters. The second kappa shape index (κ2) is 10.4. The Bertz CT molecular complexity index is 976. The predicted octanol–water partition coefficient (Wildman–Crippen LogP) is 4.80. The highest BCUT2D eigenvalue weighted by Gasteiger charge is 2.57. The molecule has 3 atom stereocenters. The number of carboxylic acid groups (broad SMARTS) is 1. The molecule has 1 aromatic heterocycles. The Morgan fingerprint density at radius 2 is 2.03 bits per heavy atom. The van der Waals surface area contributed by atoms with Crippen LogP contribution in [0.1, 0.15) is 68.6 Å². The summed E-state index contributed by atoms with van der Waals surface area (Å²) in [4.78, 5) is 31.5. The molecular formula is C26H35F2N3O4S. The molecule has 5 aliphatic rings. The van der Waals surface area contributed by atoms with Gasteiger partial charge in [0.1, 0.15) is 10.8 Å². The summed E-state index contributed by atoms with van der Waals surface area (Å²) >= 11 is 1.56. The van der Waals surface area contributed by atoms with E-state index in [4.69, 9.17) is 14.8 Å². The summed E-state index contributed by atoms with van der Waals surface area (Å²) in [5.41, 5.74) is -0.184. The highest BCUT2D eigenvalue weighted by molar-refractivity contribution is 7.99. The molecule has 4 bridgehead atoms. The molecule has 5 fully saturated rings. The molecule has 7 nitrogen and oxygen atoms in total. The Kier molecular flexibility index (Phi) is 7.45. The molecule has 0 radical (unpaired) electrons. The number of hydrogen-bond donors (Lipinski definition) is 2. The van der Waals surface area contributed by atoms with Crippen LogP contribution >= 0.6 is 11.8 Å². The quantitative estimate of drug-likeness (QED) is 0.426. The van der Waals surface area contributed by atoms with E-state index >= 15 is 0 Å². The molecule has 4 aliphatic carbocycles. The number of ether oxygens (including phenoxy) is 1. The molecular weight excluding hydrogens is 488 g/mol. The Hall–Kier alpha value is -1.94. The highest BCUT2D eigenvalue weighted by Crippen LogP contribution is 2.57. The van der Waals surface area contributed by atoms with E-state index in [1.54, 1.807) is 11.8 Å². The van der Waals surface area contributed by atoms with E-state index in [1.807, 2.05) is 12.1 Å². The van der Waals surface area contributed by atoms with Gasteiger partial charge in [-0.2, -0.15) is 8.78 Å². The van der Waals surface area contributed by atoms with Crippen LogP contribution in [0.2, 0.25) is 0 Å². The number of rotatable bonds is 10. The first-order chi connectivity index (χ1) is 17.2. The number of aliphatic carboxylic acids is 1. The van der Waals surface area contributed by atoms with Crippen molar-refractivity contribution >= 4 is 29.5 Å². The van der Waals surface area contributed by atoms with Crippen LogP contribution in [0.25, 0.3) is 0 Å². The van der Waals surface area contributed by atoms with E-state index in [2.05, 4.69) is 17.1 Å². The molecule has 6 rings (SSSR count). The van der Waals surface area contributed by atoms with Gasteiger partial charge >= 0.3 is 12.6 Å². The van der Waals surface area contributed by atoms with Gasteiger partial charge in [-0.1, -0.05) is 6.92 Å². The minimum Gasteiger partial charge on any atom is -0.481 e. The maximum Gasteiger partial charge on any atom is 0.345 e. The van der Waals surface area contributed by atoms with Crippen molar-refractivity contribution in [2.24, 2.45) is 23.7 Å². The first kappa shape index (κ1) is 25.7. The molecule has 1 amide bonds. The van der Waals surface area contributed by atoms with Crippen molar-refractivity contribution < 1.29 is 28.2 Å². The van der Waals surface area contributed by atoms with Crippen molar-refractivity contribution in [3.05, 3.63) is 17.7 Å². The SMILES string of the molecule is CCCSc1nc(N2CC[C@@H](CC(=O)O)C2)ccc1C(=O)NC1[C@H]2CC3C[C@H]1CC(OC(F)F)(C3)C2. The smallest absolute Gasteiger partial charge is 0.345 e. The molecule has 2 N–H and O–H groups in total. The third kappa shape index (κ3) is 5.35. The lowest BCUT2D eigenvalue weighted by molar-refractivity contribution is -0.260. The summed E-state index contributed by atoms with van der Waals surface area (Å²) in [6, 6.07) is 3.66. The molecule has 2 heterocycles. The monoisotopic (exact) mass is 523 g/mol. The summed E-state index contributed by atoms with van der Waals surface area (Å²) in [5.74, 6) is 1.50. The van der Waals surface area contributed by atoms with Gasteiger partial charge in [-0.25, -0.2) is 4.98 Å². The Morgan fingerprint density at radius 3 is 2.69 bits per heavy atom. The van der Waals surface area contributed by atoms with E-state index in [-0.39, 0.29) is 36.1 Å². The van der Waals surface area contributed by atoms with Gasteiger partial charge in [-0.15, -0.1) is 11.8 Å². The third-order valence-electron chi connectivity index (χ3n) is 8.46. The number of anilines is 1. The van der Waals surface area contributed by atoms with Crippen molar-refractivity contribution in [3.8, 4) is 0 Å². The van der Waals surface area contributed by atoms with Gasteiger partial charge in [-0.05, 0) is 86.5 Å². The summed E-state index contributed by atoms with van der Waals surface area (Å²) in [7, 11) is 0. The fourth-order valence-corrected chi connectivity index (χ4v) is 8.16. The molecule has 10 heteroatoms. The minimum atomic E-state index is -2.76. The van der Waals surface area contributed by atoms with E-state index in [0.29, 0.717) is 42.3 Å². The zero-order valence-corrected chi connectivity index (χ0v) is 21.4. The number of aromatic nitrogens is 1. The lowest BCUT2D eigenvalue weighted by Crippen LogP contribution is -2.62. The number of carbonyl (C=O) groups excluding carboxylic acids is 1. The van der Waals surface area contributed by atoms with Crippen LogP contribution in [0.3, 0.4) is 0 Å². The van der Waals surface area contributed by atoms with Crippen LogP contribution in [-0.2, 0) is 9.53 Å². The summed E-state index contributed by atoms with van der Waals surface area (Å²) in [6.07, 6.45) is 5.69. The number of alkyl halides is 2. The number of nitrogens with one attached hydrogen (secondary N) is 1. The molecule has 0 spiro atoms. The standard InChI is InChI=1S/C26H35F2N3O4S/c1-2-7-36-24-19(3-4-20(29-24)31-6-5-15(14-31)10-21(32)33)23(34)30-22-17-8-16-9-18(22)13-26(11-16,12-17)35-25(27)28/h3-4,15-18,22,25H,2,5-14H2,1H3,(H,30,34)(H,32,33)/t15-,16?,17-,18-,22?,26?/m0/s1. The number of carbonyl (C=O) groups is 2. The predicted molar refractivity (Wildman–Crippen MR) is 132 cm³/mol. The van der Waals surface area contributed by atoms with Crippen molar-refractivity contribution in [3.63, 3.8) is 0 Å². The summed E-state index contributed by atoms with van der Waals surface area (Å²) in [6.45, 7) is 0.729. The molecule has 1 saturated heterocycles. The molecule has 1 aliphatic heterocycles. The van der Waals surface area contributed by atoms with Crippen molar-refractivity contribution in [1.82, 2.24) is 10.3 Å². The van der Waals surface area contributed by atoms with Crippen molar-refractivity contribution in [1.29, 1.82) is 0 Å². The van der Waals surface area contributed by atoms with Gasteiger partial charge in [0.15, 0.2) is 0 Å². The zero-order valence-electron chi connectivity index (χ0n) is 20.6. The van der Waals surface area contributed by atoms with Gasteiger partial charge in [0.2, 0.25) is 0 Å². The van der Waals surface area contributed by atoms with Gasteiger partial charge in [0.05, 0.1) is 11.2 Å². The number of hydrogen-bond acceptors (Lipinski definition) is 6. The van der Waals surface area contributed by atoms with Crippen molar-refractivity contribution in [2.75, 3.05) is 23.7 Å². The molecule has 198 valence electrons. The second-order valence-corrected chi connectivity index (χ2v) is 12.2. The number of nitrogens with zero attached hydrogens (tertiary/aromatic N) is 2. The van der Waals surface area contributed by atoms with Crippen LogP contribution in [0.4, 0.5) is 14.6 Å². The van der Waals surface area contributed by atoms with Crippen LogP contribution < -0.4 is 10.2 Å². The van der Waals surface area contributed by atoms with E-state index in [0.717, 1.165) is 43.8 Å². The van der Waals surface area contributed by atoms with E-state index in [9.17, 15) is 18.4 Å². The number of halogens is 2.